The Balaban J connectivity index is 2.62. The zero-order valence-corrected chi connectivity index (χ0v) is 11.1. The summed E-state index contributed by atoms with van der Waals surface area (Å²) in [5.74, 6) is 0.497. The highest BCUT2D eigenvalue weighted by atomic mass is 32.2. The van der Waals surface area contributed by atoms with Gasteiger partial charge in [-0.2, -0.15) is 0 Å². The third-order valence-electron chi connectivity index (χ3n) is 1.86. The Hall–Kier alpha value is -1.38. The first-order chi connectivity index (χ1) is 8.43. The second kappa shape index (κ2) is 6.53. The lowest BCUT2D eigenvalue weighted by molar-refractivity contribution is 0.438. The zero-order valence-electron chi connectivity index (χ0n) is 9.44. The van der Waals surface area contributed by atoms with Crippen molar-refractivity contribution in [2.75, 3.05) is 5.75 Å². The quantitative estimate of drug-likeness (QED) is 0.576. The summed E-state index contributed by atoms with van der Waals surface area (Å²) in [6, 6.07) is 5.66. The molecule has 6 nitrogen and oxygen atoms in total. The van der Waals surface area contributed by atoms with Crippen molar-refractivity contribution in [2.24, 2.45) is 0 Å². The summed E-state index contributed by atoms with van der Waals surface area (Å²) in [4.78, 5) is 0. The number of hydrogen-bond donors (Lipinski definition) is 0. The maximum Gasteiger partial charge on any atom is 0.174 e. The number of sulfone groups is 1. The van der Waals surface area contributed by atoms with Crippen LogP contribution in [0, 0.1) is 0 Å². The Kier molecular flexibility index (Phi) is 5.32. The van der Waals surface area contributed by atoms with Gasteiger partial charge in [-0.05, 0) is 24.3 Å². The van der Waals surface area contributed by atoms with Gasteiger partial charge in [0.25, 0.3) is 0 Å². The minimum atomic E-state index is -3.23. The summed E-state index contributed by atoms with van der Waals surface area (Å²) < 4.78 is 52.1. The average Bonchev–Trinajstić information content (AvgIpc) is 2.30. The van der Waals surface area contributed by atoms with Gasteiger partial charge in [-0.3, -0.25) is 0 Å². The fourth-order valence-corrected chi connectivity index (χ4v) is 1.63. The van der Waals surface area contributed by atoms with Crippen LogP contribution in [0.4, 0.5) is 0 Å². The first-order valence-corrected chi connectivity index (χ1v) is 7.58. The first kappa shape index (κ1) is 14.7. The fourth-order valence-electron chi connectivity index (χ4n) is 0.940. The molecule has 0 radical (unpaired) electrons. The Labute approximate surface area is 108 Å². The van der Waals surface area contributed by atoms with E-state index >= 15 is 0 Å². The van der Waals surface area contributed by atoms with Crippen molar-refractivity contribution in [1.82, 2.24) is 0 Å². The van der Waals surface area contributed by atoms with Crippen LogP contribution in [0.15, 0.2) is 35.9 Å². The topological polar surface area (TPSA) is 92.7 Å². The third-order valence-corrected chi connectivity index (χ3v) is 3.52. The summed E-state index contributed by atoms with van der Waals surface area (Å²) in [7, 11) is -3.23. The first-order valence-electron chi connectivity index (χ1n) is 4.86. The van der Waals surface area contributed by atoms with Gasteiger partial charge in [-0.1, -0.05) is 6.92 Å². The van der Waals surface area contributed by atoms with Crippen LogP contribution in [0.5, 0.6) is 11.5 Å². The van der Waals surface area contributed by atoms with Crippen molar-refractivity contribution in [3.63, 3.8) is 0 Å². The normalized spacial score (nSPS) is 13.4. The number of ether oxygens (including phenoxy) is 1. The molecule has 0 N–H and O–H groups in total. The van der Waals surface area contributed by atoms with Crippen LogP contribution in [0.3, 0.4) is 0 Å². The van der Waals surface area contributed by atoms with Crippen LogP contribution in [-0.2, 0) is 21.2 Å². The lowest BCUT2D eigenvalue weighted by atomic mass is 10.3. The summed E-state index contributed by atoms with van der Waals surface area (Å²) in [6.45, 7) is 1.52. The molecule has 0 fully saturated rings. The summed E-state index contributed by atoms with van der Waals surface area (Å²) >= 11 is -2.63. The van der Waals surface area contributed by atoms with Gasteiger partial charge in [0.1, 0.15) is 29.1 Å². The van der Waals surface area contributed by atoms with Gasteiger partial charge in [0.15, 0.2) is 9.84 Å². The summed E-state index contributed by atoms with van der Waals surface area (Å²) in [5.41, 5.74) is 0. The molecule has 0 aliphatic carbocycles. The molecule has 0 aliphatic rings. The van der Waals surface area contributed by atoms with Gasteiger partial charge in [0.05, 0.1) is 11.2 Å². The molecule has 18 heavy (non-hydrogen) atoms. The molecule has 8 heteroatoms. The Bertz CT molecular complexity index is 532. The van der Waals surface area contributed by atoms with E-state index in [4.69, 9.17) is 4.74 Å². The summed E-state index contributed by atoms with van der Waals surface area (Å²) in [6.07, 6.45) is 1.06. The van der Waals surface area contributed by atoms with Crippen LogP contribution in [0.2, 0.25) is 0 Å². The van der Waals surface area contributed by atoms with E-state index in [-0.39, 0.29) is 11.5 Å². The molecule has 1 aromatic rings. The number of benzene rings is 1. The van der Waals surface area contributed by atoms with E-state index in [9.17, 15) is 17.2 Å². The van der Waals surface area contributed by atoms with E-state index in [1.807, 2.05) is 0 Å². The maximum atomic E-state index is 11.1. The van der Waals surface area contributed by atoms with Crippen LogP contribution in [-0.4, -0.2) is 22.9 Å². The van der Waals surface area contributed by atoms with Gasteiger partial charge in [0.2, 0.25) is 0 Å². The monoisotopic (exact) mass is 291 g/mol. The van der Waals surface area contributed by atoms with E-state index in [0.29, 0.717) is 5.75 Å². The molecule has 0 spiro atoms. The molecule has 100 valence electrons. The molecule has 1 aromatic carbocycles. The number of hydrogen-bond acceptors (Lipinski definition) is 6. The average molecular weight is 291 g/mol. The van der Waals surface area contributed by atoms with Gasteiger partial charge in [0, 0.05) is 0 Å². The SMILES string of the molecule is CCS(=O)(=O)C=COc1ccc(OS(=O)[O-])cc1. The van der Waals surface area contributed by atoms with E-state index in [1.54, 1.807) is 0 Å². The van der Waals surface area contributed by atoms with Crippen molar-refractivity contribution in [3.8, 4) is 11.5 Å². The molecule has 1 rings (SSSR count). The highest BCUT2D eigenvalue weighted by Crippen LogP contribution is 2.18. The van der Waals surface area contributed by atoms with E-state index in [1.165, 1.54) is 31.2 Å². The molecule has 0 aliphatic heterocycles. The van der Waals surface area contributed by atoms with Gasteiger partial charge < -0.3 is 13.5 Å². The highest BCUT2D eigenvalue weighted by molar-refractivity contribution is 7.94. The molecule has 0 amide bonds. The molecule has 0 bridgehead atoms. The third kappa shape index (κ3) is 5.30. The lowest BCUT2D eigenvalue weighted by Crippen LogP contribution is -1.98. The highest BCUT2D eigenvalue weighted by Gasteiger charge is 2.00. The second-order valence-electron chi connectivity index (χ2n) is 3.10. The minimum Gasteiger partial charge on any atom is -0.740 e. The molecule has 0 heterocycles. The lowest BCUT2D eigenvalue weighted by Gasteiger charge is -2.07. The summed E-state index contributed by atoms with van der Waals surface area (Å²) in [5, 5.41) is 0.962. The predicted octanol–water partition coefficient (Wildman–Crippen LogP) is 1.14. The van der Waals surface area contributed by atoms with Crippen molar-refractivity contribution in [3.05, 3.63) is 35.9 Å². The Morgan fingerprint density at radius 2 is 1.83 bits per heavy atom. The minimum absolute atomic E-state index is 0.00501. The number of rotatable bonds is 6. The van der Waals surface area contributed by atoms with Crippen LogP contribution < -0.4 is 8.92 Å². The molecule has 1 unspecified atom stereocenters. The predicted molar refractivity (Wildman–Crippen MR) is 65.2 cm³/mol. The molecular formula is C10H11O6S2-. The van der Waals surface area contributed by atoms with Crippen molar-refractivity contribution >= 4 is 21.2 Å². The van der Waals surface area contributed by atoms with Gasteiger partial charge in [-0.25, -0.2) is 12.6 Å². The fraction of sp³-hybridized carbons (Fsp3) is 0.200. The Morgan fingerprint density at radius 3 is 2.33 bits per heavy atom. The maximum absolute atomic E-state index is 11.1. The standard InChI is InChI=1S/C10H12O6S2/c1-2-18(13,14)8-7-15-9-3-5-10(6-4-9)16-17(11)12/h3-8H,2H2,1H3,(H,11,12)/p-1. The molecule has 0 aromatic heterocycles. The van der Waals surface area contributed by atoms with Crippen molar-refractivity contribution in [1.29, 1.82) is 0 Å². The van der Waals surface area contributed by atoms with E-state index < -0.39 is 21.2 Å². The van der Waals surface area contributed by atoms with E-state index in [0.717, 1.165) is 11.7 Å². The van der Waals surface area contributed by atoms with Crippen LogP contribution in [0.1, 0.15) is 6.92 Å². The van der Waals surface area contributed by atoms with Gasteiger partial charge >= 0.3 is 0 Å². The van der Waals surface area contributed by atoms with Crippen LogP contribution >= 0.6 is 0 Å². The zero-order chi connectivity index (χ0) is 13.6. The largest absolute Gasteiger partial charge is 0.740 e. The second-order valence-corrected chi connectivity index (χ2v) is 5.85. The molecule has 0 saturated carbocycles. The molecule has 1 atom stereocenters. The van der Waals surface area contributed by atoms with Crippen molar-refractivity contribution < 1.29 is 26.1 Å². The van der Waals surface area contributed by atoms with Crippen molar-refractivity contribution in [2.45, 2.75) is 6.92 Å². The van der Waals surface area contributed by atoms with Gasteiger partial charge in [-0.15, -0.1) is 0 Å². The van der Waals surface area contributed by atoms with E-state index in [2.05, 4.69) is 4.18 Å². The Morgan fingerprint density at radius 1 is 1.28 bits per heavy atom. The molecule has 0 saturated heterocycles. The van der Waals surface area contributed by atoms with Crippen LogP contribution in [0.25, 0.3) is 0 Å². The molecular weight excluding hydrogens is 280 g/mol. The smallest absolute Gasteiger partial charge is 0.174 e.